The molecular formula is C38H30N2. The quantitative estimate of drug-likeness (QED) is 0.215. The number of fused-ring (bicyclic) bond motifs is 6. The van der Waals surface area contributed by atoms with Crippen molar-refractivity contribution in [2.75, 3.05) is 0 Å². The van der Waals surface area contributed by atoms with E-state index in [1.807, 2.05) is 18.5 Å². The fourth-order valence-corrected chi connectivity index (χ4v) is 7.32. The van der Waals surface area contributed by atoms with Crippen molar-refractivity contribution in [1.29, 1.82) is 0 Å². The average Bonchev–Trinajstić information content (AvgIpc) is 3.21. The number of benzene rings is 5. The number of hydrogen-bond donors (Lipinski definition) is 0. The maximum absolute atomic E-state index is 4.69. The molecule has 0 spiro atoms. The first-order valence-electron chi connectivity index (χ1n) is 14.2. The van der Waals surface area contributed by atoms with Gasteiger partial charge in [0.25, 0.3) is 0 Å². The summed E-state index contributed by atoms with van der Waals surface area (Å²) >= 11 is 0. The molecule has 0 amide bonds. The Hall–Kier alpha value is -4.56. The highest BCUT2D eigenvalue weighted by molar-refractivity contribution is 6.23. The molecule has 6 aromatic rings. The van der Waals surface area contributed by atoms with Crippen LogP contribution >= 0.6 is 0 Å². The van der Waals surface area contributed by atoms with E-state index in [0.717, 1.165) is 17.8 Å². The number of hydrogen-bond acceptors (Lipinski definition) is 2. The molecule has 0 N–H and O–H groups in total. The van der Waals surface area contributed by atoms with E-state index in [0.29, 0.717) is 5.92 Å². The third-order valence-electron chi connectivity index (χ3n) is 9.13. The second-order valence-corrected chi connectivity index (χ2v) is 11.9. The van der Waals surface area contributed by atoms with Crippen LogP contribution in [0.5, 0.6) is 0 Å². The highest BCUT2D eigenvalue weighted by atomic mass is 14.9. The van der Waals surface area contributed by atoms with Crippen LogP contribution in [-0.4, -0.2) is 9.97 Å². The van der Waals surface area contributed by atoms with E-state index in [4.69, 9.17) is 9.97 Å². The number of rotatable bonds is 2. The van der Waals surface area contributed by atoms with Gasteiger partial charge in [0.2, 0.25) is 0 Å². The van der Waals surface area contributed by atoms with Crippen molar-refractivity contribution >= 4 is 37.9 Å². The first-order chi connectivity index (χ1) is 19.5. The minimum Gasteiger partial charge on any atom is -0.237 e. The lowest BCUT2D eigenvalue weighted by Crippen LogP contribution is -2.17. The monoisotopic (exact) mass is 514 g/mol. The van der Waals surface area contributed by atoms with Crippen molar-refractivity contribution < 1.29 is 0 Å². The number of aromatic nitrogens is 2. The molecule has 1 aromatic heterocycles. The molecule has 0 radical (unpaired) electrons. The maximum Gasteiger partial charge on any atom is 0.160 e. The molecule has 2 nitrogen and oxygen atoms in total. The van der Waals surface area contributed by atoms with Crippen LogP contribution in [0.2, 0.25) is 0 Å². The molecule has 2 aliphatic rings. The van der Waals surface area contributed by atoms with Gasteiger partial charge in [-0.3, -0.25) is 0 Å². The summed E-state index contributed by atoms with van der Waals surface area (Å²) in [6.45, 7) is 7.14. The van der Waals surface area contributed by atoms with Crippen LogP contribution in [-0.2, 0) is 5.41 Å². The lowest BCUT2D eigenvalue weighted by atomic mass is 9.77. The zero-order chi connectivity index (χ0) is 27.0. The van der Waals surface area contributed by atoms with Crippen molar-refractivity contribution in [2.24, 2.45) is 5.92 Å². The van der Waals surface area contributed by atoms with Gasteiger partial charge >= 0.3 is 0 Å². The van der Waals surface area contributed by atoms with Crippen LogP contribution in [0, 0.1) is 5.92 Å². The Balaban J connectivity index is 1.53. The van der Waals surface area contributed by atoms with Gasteiger partial charge in [0.1, 0.15) is 0 Å². The predicted molar refractivity (Wildman–Crippen MR) is 168 cm³/mol. The summed E-state index contributed by atoms with van der Waals surface area (Å²) in [5, 5.41) is 7.50. The topological polar surface area (TPSA) is 25.8 Å². The van der Waals surface area contributed by atoms with Crippen LogP contribution in [0.4, 0.5) is 0 Å². The summed E-state index contributed by atoms with van der Waals surface area (Å²) in [5.41, 5.74) is 9.54. The van der Waals surface area contributed by atoms with Crippen LogP contribution in [0.3, 0.4) is 0 Å². The molecule has 0 fully saturated rings. The van der Waals surface area contributed by atoms with E-state index in [1.165, 1.54) is 65.7 Å². The van der Waals surface area contributed by atoms with Crippen LogP contribution in [0.15, 0.2) is 115 Å². The summed E-state index contributed by atoms with van der Waals surface area (Å²) in [4.78, 5) is 9.38. The highest BCUT2D eigenvalue weighted by Gasteiger charge is 2.39. The highest BCUT2D eigenvalue weighted by Crippen LogP contribution is 2.55. The molecule has 2 aliphatic carbocycles. The summed E-state index contributed by atoms with van der Waals surface area (Å²) in [6, 6.07) is 31.0. The van der Waals surface area contributed by atoms with E-state index in [1.54, 1.807) is 0 Å². The molecule has 1 heterocycles. The van der Waals surface area contributed by atoms with E-state index in [9.17, 15) is 0 Å². The lowest BCUT2D eigenvalue weighted by Gasteiger charge is -2.26. The van der Waals surface area contributed by atoms with Gasteiger partial charge in [0.15, 0.2) is 5.82 Å². The van der Waals surface area contributed by atoms with Crippen LogP contribution < -0.4 is 0 Å². The van der Waals surface area contributed by atoms with Crippen molar-refractivity contribution in [2.45, 2.75) is 32.6 Å². The summed E-state index contributed by atoms with van der Waals surface area (Å²) in [6.07, 6.45) is 9.56. The van der Waals surface area contributed by atoms with Crippen molar-refractivity contribution in [3.8, 4) is 22.5 Å². The van der Waals surface area contributed by atoms with Crippen LogP contribution in [0.25, 0.3) is 60.4 Å². The number of allylic oxidation sites excluding steroid dienone is 4. The summed E-state index contributed by atoms with van der Waals surface area (Å²) in [7, 11) is 0. The molecule has 2 heteroatoms. The smallest absolute Gasteiger partial charge is 0.160 e. The van der Waals surface area contributed by atoms with E-state index < -0.39 is 0 Å². The Kier molecular flexibility index (Phi) is 4.94. The van der Waals surface area contributed by atoms with Crippen molar-refractivity contribution in [3.05, 3.63) is 126 Å². The average molecular weight is 515 g/mol. The van der Waals surface area contributed by atoms with E-state index in [-0.39, 0.29) is 5.41 Å². The standard InChI is InChI=1S/C38H30N2/c1-23-17-18-32-31(21-23)35-25-12-5-4-11-24(25)30(22-33(35)38(32,2)3)34-26-13-6-8-15-28(26)36(37-39-19-10-20-40-37)29-16-9-7-14-27(29)34/h4-20,22-23H,21H2,1-3H3. The molecule has 0 saturated carbocycles. The number of nitrogens with zero attached hydrogens (tertiary/aromatic N) is 2. The van der Waals surface area contributed by atoms with Crippen LogP contribution in [0.1, 0.15) is 38.3 Å². The van der Waals surface area contributed by atoms with E-state index >= 15 is 0 Å². The van der Waals surface area contributed by atoms with E-state index in [2.05, 4.69) is 112 Å². The molecule has 0 saturated heterocycles. The second kappa shape index (κ2) is 8.47. The molecule has 0 bridgehead atoms. The van der Waals surface area contributed by atoms with Gasteiger partial charge in [-0.25, -0.2) is 9.97 Å². The van der Waals surface area contributed by atoms with Gasteiger partial charge in [-0.05, 0) is 90.2 Å². The molecule has 40 heavy (non-hydrogen) atoms. The lowest BCUT2D eigenvalue weighted by molar-refractivity contribution is 0.644. The summed E-state index contributed by atoms with van der Waals surface area (Å²) in [5.74, 6) is 1.32. The fourth-order valence-electron chi connectivity index (χ4n) is 7.32. The third kappa shape index (κ3) is 3.17. The molecule has 8 rings (SSSR count). The minimum absolute atomic E-state index is 0.0521. The largest absolute Gasteiger partial charge is 0.237 e. The van der Waals surface area contributed by atoms with Gasteiger partial charge < -0.3 is 0 Å². The minimum atomic E-state index is -0.0521. The fraction of sp³-hybridized carbons (Fsp3) is 0.158. The molecule has 5 aromatic carbocycles. The van der Waals surface area contributed by atoms with Gasteiger partial charge in [-0.1, -0.05) is 106 Å². The van der Waals surface area contributed by atoms with Gasteiger partial charge in [-0.15, -0.1) is 0 Å². The second-order valence-electron chi connectivity index (χ2n) is 11.9. The zero-order valence-corrected chi connectivity index (χ0v) is 23.1. The normalized spacial score (nSPS) is 17.5. The van der Waals surface area contributed by atoms with Gasteiger partial charge in [-0.2, -0.15) is 0 Å². The molecule has 1 unspecified atom stereocenters. The molecule has 0 aliphatic heterocycles. The summed E-state index contributed by atoms with van der Waals surface area (Å²) < 4.78 is 0. The molecular weight excluding hydrogens is 484 g/mol. The Labute approximate surface area is 234 Å². The SMILES string of the molecule is CC1C=CC2=C(C1)c1c(cc(-c3c4ccccc4c(-c4ncccn4)c4ccccc34)c3ccccc13)C2(C)C. The van der Waals surface area contributed by atoms with Crippen molar-refractivity contribution in [3.63, 3.8) is 0 Å². The first-order valence-corrected chi connectivity index (χ1v) is 14.2. The first kappa shape index (κ1) is 23.3. The molecule has 1 atom stereocenters. The Bertz CT molecular complexity index is 2000. The Morgan fingerprint density at radius 3 is 1.77 bits per heavy atom. The Morgan fingerprint density at radius 2 is 1.18 bits per heavy atom. The van der Waals surface area contributed by atoms with Crippen molar-refractivity contribution in [1.82, 2.24) is 9.97 Å². The zero-order valence-electron chi connectivity index (χ0n) is 23.1. The predicted octanol–water partition coefficient (Wildman–Crippen LogP) is 9.91. The van der Waals surface area contributed by atoms with Gasteiger partial charge in [0.05, 0.1) is 0 Å². The molecule has 192 valence electrons. The van der Waals surface area contributed by atoms with Gasteiger partial charge in [0, 0.05) is 23.4 Å². The Morgan fingerprint density at radius 1 is 0.650 bits per heavy atom. The maximum atomic E-state index is 4.69. The third-order valence-corrected chi connectivity index (χ3v) is 9.13.